The lowest BCUT2D eigenvalue weighted by atomic mass is 10.1. The van der Waals surface area contributed by atoms with Gasteiger partial charge in [-0.15, -0.1) is 10.2 Å². The summed E-state index contributed by atoms with van der Waals surface area (Å²) < 4.78 is 6.90. The van der Waals surface area contributed by atoms with E-state index in [0.717, 1.165) is 16.8 Å². The summed E-state index contributed by atoms with van der Waals surface area (Å²) in [4.78, 5) is 24.9. The molecule has 3 aromatic rings. The van der Waals surface area contributed by atoms with E-state index < -0.39 is 0 Å². The van der Waals surface area contributed by atoms with Crippen LogP contribution in [0.1, 0.15) is 40.3 Å². The van der Waals surface area contributed by atoms with Gasteiger partial charge in [-0.25, -0.2) is 0 Å². The van der Waals surface area contributed by atoms with E-state index >= 15 is 0 Å². The van der Waals surface area contributed by atoms with Crippen molar-refractivity contribution in [2.24, 2.45) is 7.05 Å². The molecule has 0 aliphatic heterocycles. The number of hydrogen-bond acceptors (Lipinski definition) is 6. The predicted octanol–water partition coefficient (Wildman–Crippen LogP) is 3.66. The highest BCUT2D eigenvalue weighted by atomic mass is 32.2. The normalized spacial score (nSPS) is 11.7. The lowest BCUT2D eigenvalue weighted by Crippen LogP contribution is -2.28. The highest BCUT2D eigenvalue weighted by Crippen LogP contribution is 2.21. The molecule has 0 saturated carbocycles. The molecule has 0 aliphatic carbocycles. The Morgan fingerprint density at radius 1 is 1.12 bits per heavy atom. The number of carbonyl (C=O) groups excluding carboxylic acids is 2. The lowest BCUT2D eigenvalue weighted by molar-refractivity contribution is -0.113. The van der Waals surface area contributed by atoms with Crippen LogP contribution in [0.25, 0.3) is 0 Å². The van der Waals surface area contributed by atoms with Gasteiger partial charge >= 0.3 is 0 Å². The number of amides is 2. The molecule has 0 spiro atoms. The molecule has 168 valence electrons. The van der Waals surface area contributed by atoms with Crippen LogP contribution in [0.3, 0.4) is 0 Å². The molecule has 2 amide bonds. The minimum atomic E-state index is -0.361. The number of benzene rings is 2. The van der Waals surface area contributed by atoms with Gasteiger partial charge in [-0.05, 0) is 56.7 Å². The van der Waals surface area contributed by atoms with Crippen molar-refractivity contribution in [3.8, 4) is 5.75 Å². The van der Waals surface area contributed by atoms with E-state index in [-0.39, 0.29) is 23.6 Å². The first kappa shape index (κ1) is 23.3. The zero-order valence-corrected chi connectivity index (χ0v) is 19.6. The molecular formula is C23H27N5O3S. The van der Waals surface area contributed by atoms with Crippen molar-refractivity contribution in [3.63, 3.8) is 0 Å². The van der Waals surface area contributed by atoms with Gasteiger partial charge in [-0.2, -0.15) is 0 Å². The first-order valence-electron chi connectivity index (χ1n) is 10.1. The molecule has 0 aliphatic rings. The van der Waals surface area contributed by atoms with Crippen molar-refractivity contribution in [2.75, 3.05) is 18.2 Å². The molecule has 0 radical (unpaired) electrons. The van der Waals surface area contributed by atoms with Crippen molar-refractivity contribution < 1.29 is 14.3 Å². The molecule has 0 unspecified atom stereocenters. The van der Waals surface area contributed by atoms with Crippen molar-refractivity contribution in [1.29, 1.82) is 0 Å². The zero-order valence-electron chi connectivity index (χ0n) is 18.8. The summed E-state index contributed by atoms with van der Waals surface area (Å²) in [7, 11) is 3.39. The Kier molecular flexibility index (Phi) is 7.53. The number of ether oxygens (including phenoxy) is 1. The molecule has 9 heteroatoms. The van der Waals surface area contributed by atoms with Gasteiger partial charge in [0.05, 0.1) is 18.9 Å². The van der Waals surface area contributed by atoms with Crippen LogP contribution in [-0.4, -0.2) is 39.4 Å². The predicted molar refractivity (Wildman–Crippen MR) is 125 cm³/mol. The van der Waals surface area contributed by atoms with Crippen LogP contribution >= 0.6 is 11.8 Å². The largest absolute Gasteiger partial charge is 0.497 e. The summed E-state index contributed by atoms with van der Waals surface area (Å²) in [5.74, 6) is 1.15. The summed E-state index contributed by atoms with van der Waals surface area (Å²) in [5.41, 5.74) is 3.49. The van der Waals surface area contributed by atoms with Crippen molar-refractivity contribution >= 4 is 29.3 Å². The lowest BCUT2D eigenvalue weighted by Gasteiger charge is -2.14. The third-order valence-electron chi connectivity index (χ3n) is 4.94. The van der Waals surface area contributed by atoms with Gasteiger partial charge in [0, 0.05) is 18.3 Å². The summed E-state index contributed by atoms with van der Waals surface area (Å²) in [6.07, 6.45) is 0. The minimum absolute atomic E-state index is 0.118. The molecule has 32 heavy (non-hydrogen) atoms. The van der Waals surface area contributed by atoms with Gasteiger partial charge in [0.25, 0.3) is 5.91 Å². The van der Waals surface area contributed by atoms with E-state index in [1.165, 1.54) is 11.8 Å². The summed E-state index contributed by atoms with van der Waals surface area (Å²) in [6, 6.07) is 12.4. The van der Waals surface area contributed by atoms with Crippen molar-refractivity contribution in [1.82, 2.24) is 20.1 Å². The van der Waals surface area contributed by atoms with Gasteiger partial charge in [0.2, 0.25) is 5.91 Å². The Bertz CT molecular complexity index is 1110. The van der Waals surface area contributed by atoms with Crippen LogP contribution in [0.15, 0.2) is 47.6 Å². The second-order valence-electron chi connectivity index (χ2n) is 7.48. The number of aryl methyl sites for hydroxylation is 2. The maximum absolute atomic E-state index is 12.5. The Hall–Kier alpha value is -3.33. The third kappa shape index (κ3) is 5.67. The van der Waals surface area contributed by atoms with Crippen LogP contribution in [0.2, 0.25) is 0 Å². The van der Waals surface area contributed by atoms with E-state index in [1.807, 2.05) is 46.0 Å². The second kappa shape index (κ2) is 10.3. The quantitative estimate of drug-likeness (QED) is 0.505. The maximum atomic E-state index is 12.5. The highest BCUT2D eigenvalue weighted by Gasteiger charge is 2.19. The summed E-state index contributed by atoms with van der Waals surface area (Å²) in [5, 5.41) is 14.8. The fourth-order valence-electron chi connectivity index (χ4n) is 3.19. The molecule has 1 heterocycles. The third-order valence-corrected chi connectivity index (χ3v) is 5.96. The summed E-state index contributed by atoms with van der Waals surface area (Å²) >= 11 is 1.29. The van der Waals surface area contributed by atoms with Gasteiger partial charge in [-0.3, -0.25) is 9.59 Å². The van der Waals surface area contributed by atoms with E-state index in [9.17, 15) is 9.59 Å². The molecular weight excluding hydrogens is 426 g/mol. The van der Waals surface area contributed by atoms with E-state index in [0.29, 0.717) is 22.3 Å². The van der Waals surface area contributed by atoms with E-state index in [2.05, 4.69) is 20.8 Å². The number of thioether (sulfide) groups is 1. The molecule has 3 rings (SSSR count). The van der Waals surface area contributed by atoms with E-state index in [4.69, 9.17) is 4.74 Å². The number of hydrogen-bond donors (Lipinski definition) is 2. The molecule has 2 N–H and O–H groups in total. The van der Waals surface area contributed by atoms with E-state index in [1.54, 1.807) is 35.9 Å². The Morgan fingerprint density at radius 3 is 2.50 bits per heavy atom. The zero-order chi connectivity index (χ0) is 23.3. The van der Waals surface area contributed by atoms with Crippen LogP contribution in [-0.2, 0) is 11.8 Å². The monoisotopic (exact) mass is 453 g/mol. The first-order chi connectivity index (χ1) is 15.3. The van der Waals surface area contributed by atoms with Crippen molar-refractivity contribution in [3.05, 3.63) is 65.0 Å². The number of nitrogens with one attached hydrogen (secondary N) is 2. The Balaban J connectivity index is 1.57. The standard InChI is InChI=1S/C23H27N5O3S/c1-14-6-11-19(15(2)12-14)25-20(29)13-32-23-27-26-21(28(23)4)16(3)24-22(30)17-7-9-18(31-5)10-8-17/h6-12,16H,13H2,1-5H3,(H,24,30)(H,25,29)/t16-/m0/s1. The minimum Gasteiger partial charge on any atom is -0.497 e. The number of methoxy groups -OCH3 is 1. The fraction of sp³-hybridized carbons (Fsp3) is 0.304. The van der Waals surface area contributed by atoms with Crippen molar-refractivity contribution in [2.45, 2.75) is 32.0 Å². The molecule has 0 fully saturated rings. The Morgan fingerprint density at radius 2 is 1.84 bits per heavy atom. The average molecular weight is 454 g/mol. The van der Waals surface area contributed by atoms with Gasteiger partial charge in [0.15, 0.2) is 11.0 Å². The number of nitrogens with zero attached hydrogens (tertiary/aromatic N) is 3. The van der Waals surface area contributed by atoms with Crippen LogP contribution in [0.4, 0.5) is 5.69 Å². The molecule has 0 saturated heterocycles. The average Bonchev–Trinajstić information content (AvgIpc) is 3.14. The number of rotatable bonds is 8. The Labute approximate surface area is 191 Å². The fourth-order valence-corrected chi connectivity index (χ4v) is 3.90. The first-order valence-corrected chi connectivity index (χ1v) is 11.1. The smallest absolute Gasteiger partial charge is 0.251 e. The van der Waals surface area contributed by atoms with Crippen LogP contribution in [0, 0.1) is 13.8 Å². The second-order valence-corrected chi connectivity index (χ2v) is 8.42. The van der Waals surface area contributed by atoms with Crippen LogP contribution in [0.5, 0.6) is 5.75 Å². The molecule has 1 atom stereocenters. The van der Waals surface area contributed by atoms with Gasteiger partial charge in [0.1, 0.15) is 5.75 Å². The maximum Gasteiger partial charge on any atom is 0.251 e. The molecule has 8 nitrogen and oxygen atoms in total. The molecule has 1 aromatic heterocycles. The summed E-state index contributed by atoms with van der Waals surface area (Å²) in [6.45, 7) is 5.82. The number of anilines is 1. The topological polar surface area (TPSA) is 98.1 Å². The molecule has 0 bridgehead atoms. The number of aromatic nitrogens is 3. The SMILES string of the molecule is COc1ccc(C(=O)N[C@@H](C)c2nnc(SCC(=O)Nc3ccc(C)cc3C)n2C)cc1. The molecule has 2 aromatic carbocycles. The highest BCUT2D eigenvalue weighted by molar-refractivity contribution is 7.99. The van der Waals surface area contributed by atoms with Gasteiger partial charge in [-0.1, -0.05) is 29.5 Å². The van der Waals surface area contributed by atoms with Crippen LogP contribution < -0.4 is 15.4 Å². The van der Waals surface area contributed by atoms with Gasteiger partial charge < -0.3 is 19.9 Å². The number of carbonyl (C=O) groups is 2.